The van der Waals surface area contributed by atoms with E-state index in [2.05, 4.69) is 0 Å². The molecule has 5 nitrogen and oxygen atoms in total. The topological polar surface area (TPSA) is 43.9 Å². The molecule has 0 aliphatic carbocycles. The van der Waals surface area contributed by atoms with E-state index in [0.717, 1.165) is 38.9 Å². The smallest absolute Gasteiger partial charge is 0.320 e. The average molecular weight is 331 g/mol. The SMILES string of the molecule is O=C(c1cccc(F)c1)N1C[C@H]2C[C@@H](C1)N(C(=O)N1CCCC1)C2. The van der Waals surface area contributed by atoms with Crippen molar-refractivity contribution >= 4 is 11.9 Å². The lowest BCUT2D eigenvalue weighted by Gasteiger charge is -2.34. The van der Waals surface area contributed by atoms with E-state index >= 15 is 0 Å². The fraction of sp³-hybridized carbons (Fsp3) is 0.556. The number of carbonyl (C=O) groups excluding carboxylic acids is 2. The number of hydrogen-bond acceptors (Lipinski definition) is 2. The summed E-state index contributed by atoms with van der Waals surface area (Å²) in [5, 5.41) is 0. The van der Waals surface area contributed by atoms with Gasteiger partial charge in [-0.15, -0.1) is 0 Å². The number of rotatable bonds is 1. The molecule has 3 amide bonds. The van der Waals surface area contributed by atoms with Crippen LogP contribution in [-0.4, -0.2) is 65.4 Å². The summed E-state index contributed by atoms with van der Waals surface area (Å²) in [4.78, 5) is 31.0. The van der Waals surface area contributed by atoms with Crippen molar-refractivity contribution < 1.29 is 14.0 Å². The number of halogens is 1. The molecule has 0 N–H and O–H groups in total. The van der Waals surface area contributed by atoms with Gasteiger partial charge in [-0.3, -0.25) is 4.79 Å². The van der Waals surface area contributed by atoms with Crippen LogP contribution in [0.15, 0.2) is 24.3 Å². The van der Waals surface area contributed by atoms with Gasteiger partial charge in [0.1, 0.15) is 5.82 Å². The average Bonchev–Trinajstić information content (AvgIpc) is 3.21. The summed E-state index contributed by atoms with van der Waals surface area (Å²) < 4.78 is 13.4. The first-order valence-corrected chi connectivity index (χ1v) is 8.72. The lowest BCUT2D eigenvalue weighted by molar-refractivity contribution is 0.0670. The molecule has 1 aromatic carbocycles. The molecule has 3 heterocycles. The molecule has 2 bridgehead atoms. The summed E-state index contributed by atoms with van der Waals surface area (Å²) in [5.41, 5.74) is 0.383. The third-order valence-electron chi connectivity index (χ3n) is 5.39. The zero-order valence-corrected chi connectivity index (χ0v) is 13.7. The predicted octanol–water partition coefficient (Wildman–Crippen LogP) is 2.19. The van der Waals surface area contributed by atoms with E-state index in [1.807, 2.05) is 9.80 Å². The van der Waals surface area contributed by atoms with Crippen molar-refractivity contribution in [1.82, 2.24) is 14.7 Å². The van der Waals surface area contributed by atoms with Gasteiger partial charge in [-0.2, -0.15) is 0 Å². The Kier molecular flexibility index (Phi) is 3.90. The Labute approximate surface area is 141 Å². The van der Waals surface area contributed by atoms with Gasteiger partial charge in [-0.05, 0) is 43.4 Å². The Hall–Kier alpha value is -2.11. The van der Waals surface area contributed by atoms with E-state index in [0.29, 0.717) is 24.6 Å². The van der Waals surface area contributed by atoms with Crippen molar-refractivity contribution in [2.24, 2.45) is 5.92 Å². The van der Waals surface area contributed by atoms with Crippen molar-refractivity contribution in [2.45, 2.75) is 25.3 Å². The summed E-state index contributed by atoms with van der Waals surface area (Å²) in [6.07, 6.45) is 3.13. The van der Waals surface area contributed by atoms with Gasteiger partial charge in [0.15, 0.2) is 0 Å². The highest BCUT2D eigenvalue weighted by Crippen LogP contribution is 2.31. The van der Waals surface area contributed by atoms with Gasteiger partial charge in [-0.25, -0.2) is 9.18 Å². The number of piperidine rings is 1. The van der Waals surface area contributed by atoms with Gasteiger partial charge in [-0.1, -0.05) is 6.07 Å². The van der Waals surface area contributed by atoms with Crippen LogP contribution in [-0.2, 0) is 0 Å². The van der Waals surface area contributed by atoms with Gasteiger partial charge in [0.25, 0.3) is 5.91 Å². The van der Waals surface area contributed by atoms with Crippen molar-refractivity contribution in [3.63, 3.8) is 0 Å². The molecule has 1 aromatic rings. The van der Waals surface area contributed by atoms with Crippen LogP contribution < -0.4 is 0 Å². The summed E-state index contributed by atoms with van der Waals surface area (Å²) in [7, 11) is 0. The zero-order chi connectivity index (χ0) is 16.7. The van der Waals surface area contributed by atoms with Crippen LogP contribution >= 0.6 is 0 Å². The van der Waals surface area contributed by atoms with E-state index in [1.165, 1.54) is 12.1 Å². The molecule has 3 fully saturated rings. The highest BCUT2D eigenvalue weighted by Gasteiger charge is 2.43. The number of carbonyl (C=O) groups is 2. The van der Waals surface area contributed by atoms with E-state index in [9.17, 15) is 14.0 Å². The fourth-order valence-electron chi connectivity index (χ4n) is 4.25. The molecule has 3 saturated heterocycles. The van der Waals surface area contributed by atoms with Gasteiger partial charge < -0.3 is 14.7 Å². The van der Waals surface area contributed by atoms with Crippen LogP contribution in [0.4, 0.5) is 9.18 Å². The molecule has 0 spiro atoms. The Morgan fingerprint density at radius 3 is 2.58 bits per heavy atom. The van der Waals surface area contributed by atoms with Crippen LogP contribution in [0.1, 0.15) is 29.6 Å². The second-order valence-corrected chi connectivity index (χ2v) is 7.11. The third kappa shape index (κ3) is 2.74. The number of benzene rings is 1. The minimum Gasteiger partial charge on any atom is -0.336 e. The second kappa shape index (κ2) is 6.07. The molecule has 2 atom stereocenters. The molecule has 24 heavy (non-hydrogen) atoms. The normalized spacial score (nSPS) is 26.1. The van der Waals surface area contributed by atoms with Crippen LogP contribution in [0, 0.1) is 11.7 Å². The minimum absolute atomic E-state index is 0.0920. The van der Waals surface area contributed by atoms with Crippen molar-refractivity contribution in [1.29, 1.82) is 0 Å². The largest absolute Gasteiger partial charge is 0.336 e. The number of amides is 3. The minimum atomic E-state index is -0.397. The molecule has 3 aliphatic heterocycles. The summed E-state index contributed by atoms with van der Waals surface area (Å²) in [5.74, 6) is -0.209. The Morgan fingerprint density at radius 2 is 1.83 bits per heavy atom. The van der Waals surface area contributed by atoms with Gasteiger partial charge in [0.2, 0.25) is 0 Å². The highest BCUT2D eigenvalue weighted by molar-refractivity contribution is 5.94. The number of urea groups is 1. The number of nitrogens with zero attached hydrogens (tertiary/aromatic N) is 3. The molecule has 3 aliphatic rings. The fourth-order valence-corrected chi connectivity index (χ4v) is 4.25. The maximum Gasteiger partial charge on any atom is 0.320 e. The monoisotopic (exact) mass is 331 g/mol. The highest BCUT2D eigenvalue weighted by atomic mass is 19.1. The van der Waals surface area contributed by atoms with Crippen molar-refractivity contribution in [3.05, 3.63) is 35.6 Å². The first-order chi connectivity index (χ1) is 11.6. The van der Waals surface area contributed by atoms with Crippen molar-refractivity contribution in [2.75, 3.05) is 32.7 Å². The Balaban J connectivity index is 1.46. The zero-order valence-electron chi connectivity index (χ0n) is 13.7. The second-order valence-electron chi connectivity index (χ2n) is 7.11. The van der Waals surface area contributed by atoms with E-state index in [-0.39, 0.29) is 18.0 Å². The Bertz CT molecular complexity index is 659. The standard InChI is InChI=1S/C18H22FN3O2/c19-15-5-3-4-14(9-15)17(23)21-10-13-8-16(12-21)22(11-13)18(24)20-6-1-2-7-20/h3-5,9,13,16H,1-2,6-8,10-12H2/t13-,16+/m1/s1. The number of hydrogen-bond donors (Lipinski definition) is 0. The van der Waals surface area contributed by atoms with Gasteiger partial charge >= 0.3 is 6.03 Å². The van der Waals surface area contributed by atoms with Crippen LogP contribution in [0.3, 0.4) is 0 Å². The lowest BCUT2D eigenvalue weighted by Crippen LogP contribution is -2.49. The number of fused-ring (bicyclic) bond motifs is 2. The predicted molar refractivity (Wildman–Crippen MR) is 87.1 cm³/mol. The summed E-state index contributed by atoms with van der Waals surface area (Å²) in [6, 6.07) is 6.05. The summed E-state index contributed by atoms with van der Waals surface area (Å²) in [6.45, 7) is 3.62. The van der Waals surface area contributed by atoms with Crippen LogP contribution in [0.2, 0.25) is 0 Å². The molecule has 0 saturated carbocycles. The van der Waals surface area contributed by atoms with Crippen LogP contribution in [0.5, 0.6) is 0 Å². The molecular weight excluding hydrogens is 309 g/mol. The molecule has 0 unspecified atom stereocenters. The van der Waals surface area contributed by atoms with Crippen LogP contribution in [0.25, 0.3) is 0 Å². The van der Waals surface area contributed by atoms with E-state index in [4.69, 9.17) is 0 Å². The lowest BCUT2D eigenvalue weighted by atomic mass is 9.99. The first kappa shape index (κ1) is 15.4. The van der Waals surface area contributed by atoms with Gasteiger partial charge in [0.05, 0.1) is 6.04 Å². The van der Waals surface area contributed by atoms with E-state index < -0.39 is 5.82 Å². The molecular formula is C18H22FN3O2. The first-order valence-electron chi connectivity index (χ1n) is 8.72. The quantitative estimate of drug-likeness (QED) is 0.792. The summed E-state index contributed by atoms with van der Waals surface area (Å²) >= 11 is 0. The number of likely N-dealkylation sites (tertiary alicyclic amines) is 3. The molecule has 6 heteroatoms. The molecule has 0 aromatic heterocycles. The molecule has 4 rings (SSSR count). The Morgan fingerprint density at radius 1 is 1.04 bits per heavy atom. The maximum absolute atomic E-state index is 13.4. The molecule has 128 valence electrons. The van der Waals surface area contributed by atoms with Crippen molar-refractivity contribution in [3.8, 4) is 0 Å². The third-order valence-corrected chi connectivity index (χ3v) is 5.39. The van der Waals surface area contributed by atoms with Gasteiger partial charge in [0, 0.05) is 38.3 Å². The maximum atomic E-state index is 13.4. The molecule has 0 radical (unpaired) electrons. The van der Waals surface area contributed by atoms with E-state index in [1.54, 1.807) is 17.0 Å².